The molecular formula is C16H21N3O2. The largest absolute Gasteiger partial charge is 0.496 e. The van der Waals surface area contributed by atoms with Crippen molar-refractivity contribution in [1.29, 1.82) is 5.26 Å². The van der Waals surface area contributed by atoms with Gasteiger partial charge in [0.05, 0.1) is 24.8 Å². The fourth-order valence-electron chi connectivity index (χ4n) is 2.66. The van der Waals surface area contributed by atoms with Crippen molar-refractivity contribution in [3.8, 4) is 11.8 Å². The molecule has 1 fully saturated rings. The summed E-state index contributed by atoms with van der Waals surface area (Å²) in [6, 6.07) is 9.55. The average molecular weight is 287 g/mol. The number of methoxy groups -OCH3 is 1. The predicted octanol–water partition coefficient (Wildman–Crippen LogP) is 1.76. The molecule has 0 N–H and O–H groups in total. The summed E-state index contributed by atoms with van der Waals surface area (Å²) in [5.74, 6) is 0.602. The molecule has 1 atom stereocenters. The molecule has 0 radical (unpaired) electrons. The highest BCUT2D eigenvalue weighted by atomic mass is 16.5. The van der Waals surface area contributed by atoms with E-state index in [9.17, 15) is 4.79 Å². The van der Waals surface area contributed by atoms with E-state index in [0.29, 0.717) is 24.4 Å². The lowest BCUT2D eigenvalue weighted by molar-refractivity contribution is 0.0601. The van der Waals surface area contributed by atoms with Crippen molar-refractivity contribution in [3.63, 3.8) is 0 Å². The van der Waals surface area contributed by atoms with Crippen LogP contribution in [0, 0.1) is 11.3 Å². The molecule has 0 spiro atoms. The smallest absolute Gasteiger partial charge is 0.257 e. The number of amides is 1. The van der Waals surface area contributed by atoms with Crippen LogP contribution >= 0.6 is 0 Å². The Bertz CT molecular complexity index is 531. The summed E-state index contributed by atoms with van der Waals surface area (Å²) in [4.78, 5) is 16.5. The van der Waals surface area contributed by atoms with E-state index in [0.717, 1.165) is 19.5 Å². The van der Waals surface area contributed by atoms with Crippen LogP contribution in [0.1, 0.15) is 23.7 Å². The van der Waals surface area contributed by atoms with Gasteiger partial charge in [0.15, 0.2) is 0 Å². The summed E-state index contributed by atoms with van der Waals surface area (Å²) in [5, 5.41) is 9.11. The molecule has 1 aromatic carbocycles. The van der Waals surface area contributed by atoms with Gasteiger partial charge >= 0.3 is 0 Å². The molecule has 1 aliphatic heterocycles. The van der Waals surface area contributed by atoms with Crippen LogP contribution in [0.15, 0.2) is 24.3 Å². The summed E-state index contributed by atoms with van der Waals surface area (Å²) in [6.07, 6.45) is 0.816. The first-order valence-electron chi connectivity index (χ1n) is 7.27. The molecule has 2 rings (SSSR count). The first kappa shape index (κ1) is 15.3. The first-order valence-corrected chi connectivity index (χ1v) is 7.27. The van der Waals surface area contributed by atoms with Gasteiger partial charge in [-0.2, -0.15) is 5.26 Å². The highest BCUT2D eigenvalue weighted by molar-refractivity contribution is 5.97. The molecule has 0 saturated carbocycles. The normalized spacial score (nSPS) is 17.1. The Morgan fingerprint density at radius 2 is 2.00 bits per heavy atom. The fraction of sp³-hybridized carbons (Fsp3) is 0.500. The minimum atomic E-state index is -0.0477. The van der Waals surface area contributed by atoms with Gasteiger partial charge < -0.3 is 9.64 Å². The van der Waals surface area contributed by atoms with Crippen LogP contribution in [-0.4, -0.2) is 55.0 Å². The van der Waals surface area contributed by atoms with Crippen LogP contribution in [0.2, 0.25) is 0 Å². The highest BCUT2D eigenvalue weighted by Crippen LogP contribution is 2.20. The van der Waals surface area contributed by atoms with E-state index >= 15 is 0 Å². The summed E-state index contributed by atoms with van der Waals surface area (Å²) in [5.41, 5.74) is 0.598. The van der Waals surface area contributed by atoms with E-state index in [1.807, 2.05) is 24.0 Å². The minimum Gasteiger partial charge on any atom is -0.496 e. The first-order chi connectivity index (χ1) is 10.2. The molecule has 1 aliphatic rings. The number of carbonyl (C=O) groups is 1. The summed E-state index contributed by atoms with van der Waals surface area (Å²) < 4.78 is 5.25. The van der Waals surface area contributed by atoms with Gasteiger partial charge in [-0.25, -0.2) is 0 Å². The zero-order valence-electron chi connectivity index (χ0n) is 12.6. The number of hydrogen-bond acceptors (Lipinski definition) is 4. The van der Waals surface area contributed by atoms with Crippen molar-refractivity contribution < 1.29 is 9.53 Å². The molecule has 0 aromatic heterocycles. The number of para-hydroxylation sites is 1. The lowest BCUT2D eigenvalue weighted by atomic mass is 10.1. The van der Waals surface area contributed by atoms with Gasteiger partial charge in [-0.05, 0) is 18.6 Å². The Morgan fingerprint density at radius 3 is 2.57 bits per heavy atom. The third-order valence-corrected chi connectivity index (χ3v) is 3.92. The van der Waals surface area contributed by atoms with Crippen molar-refractivity contribution >= 4 is 5.91 Å². The number of nitrogens with zero attached hydrogens (tertiary/aromatic N) is 3. The van der Waals surface area contributed by atoms with E-state index in [1.165, 1.54) is 0 Å². The topological polar surface area (TPSA) is 56.6 Å². The quantitative estimate of drug-likeness (QED) is 0.846. The molecule has 5 heteroatoms. The second-order valence-corrected chi connectivity index (χ2v) is 5.08. The van der Waals surface area contributed by atoms with Crippen LogP contribution in [0.4, 0.5) is 0 Å². The van der Waals surface area contributed by atoms with Gasteiger partial charge in [-0.15, -0.1) is 0 Å². The third-order valence-electron chi connectivity index (χ3n) is 3.92. The summed E-state index contributed by atoms with van der Waals surface area (Å²) in [7, 11) is 1.57. The molecule has 1 amide bonds. The van der Waals surface area contributed by atoms with E-state index in [1.54, 1.807) is 19.2 Å². The van der Waals surface area contributed by atoms with E-state index < -0.39 is 0 Å². The van der Waals surface area contributed by atoms with Crippen LogP contribution in [0.5, 0.6) is 5.75 Å². The van der Waals surface area contributed by atoms with Crippen LogP contribution in [-0.2, 0) is 0 Å². The Kier molecular flexibility index (Phi) is 5.18. The molecule has 1 aromatic rings. The second kappa shape index (κ2) is 7.09. The molecule has 5 nitrogen and oxygen atoms in total. The molecule has 0 aliphatic carbocycles. The minimum absolute atomic E-state index is 0.00268. The fourth-order valence-corrected chi connectivity index (χ4v) is 2.66. The SMILES string of the molecule is CCC(C#N)N1CCN(C(=O)c2ccccc2OC)CC1. The number of ether oxygens (including phenoxy) is 1. The maximum absolute atomic E-state index is 12.6. The molecule has 21 heavy (non-hydrogen) atoms. The molecular weight excluding hydrogens is 266 g/mol. The average Bonchev–Trinajstić information content (AvgIpc) is 2.56. The van der Waals surface area contributed by atoms with E-state index in [4.69, 9.17) is 10.00 Å². The van der Waals surface area contributed by atoms with Crippen LogP contribution in [0.3, 0.4) is 0 Å². The lowest BCUT2D eigenvalue weighted by Crippen LogP contribution is -2.51. The number of benzene rings is 1. The zero-order chi connectivity index (χ0) is 15.2. The van der Waals surface area contributed by atoms with Gasteiger partial charge in [0.2, 0.25) is 0 Å². The highest BCUT2D eigenvalue weighted by Gasteiger charge is 2.26. The Hall–Kier alpha value is -2.06. The number of piperazine rings is 1. The number of hydrogen-bond donors (Lipinski definition) is 0. The maximum Gasteiger partial charge on any atom is 0.257 e. The Balaban J connectivity index is 2.02. The predicted molar refractivity (Wildman–Crippen MR) is 80.2 cm³/mol. The molecule has 1 unspecified atom stereocenters. The van der Waals surface area contributed by atoms with Crippen molar-refractivity contribution in [2.24, 2.45) is 0 Å². The van der Waals surface area contributed by atoms with Gasteiger partial charge in [-0.3, -0.25) is 9.69 Å². The van der Waals surface area contributed by atoms with Crippen LogP contribution < -0.4 is 4.74 Å². The lowest BCUT2D eigenvalue weighted by Gasteiger charge is -2.36. The van der Waals surface area contributed by atoms with Gasteiger partial charge in [0.1, 0.15) is 5.75 Å². The van der Waals surface area contributed by atoms with Crippen molar-refractivity contribution in [3.05, 3.63) is 29.8 Å². The number of carbonyl (C=O) groups excluding carboxylic acids is 1. The van der Waals surface area contributed by atoms with Crippen molar-refractivity contribution in [2.45, 2.75) is 19.4 Å². The van der Waals surface area contributed by atoms with Gasteiger partial charge in [0.25, 0.3) is 5.91 Å². The Morgan fingerprint density at radius 1 is 1.33 bits per heavy atom. The standard InChI is InChI=1S/C16H21N3O2/c1-3-13(12-17)18-8-10-19(11-9-18)16(20)14-6-4-5-7-15(14)21-2/h4-7,13H,3,8-11H2,1-2H3. The second-order valence-electron chi connectivity index (χ2n) is 5.08. The number of rotatable bonds is 4. The van der Waals surface area contributed by atoms with E-state index in [2.05, 4.69) is 11.0 Å². The van der Waals surface area contributed by atoms with Crippen LogP contribution in [0.25, 0.3) is 0 Å². The molecule has 1 saturated heterocycles. The Labute approximate surface area is 125 Å². The molecule has 1 heterocycles. The third kappa shape index (κ3) is 3.34. The van der Waals surface area contributed by atoms with E-state index in [-0.39, 0.29) is 11.9 Å². The monoisotopic (exact) mass is 287 g/mol. The maximum atomic E-state index is 12.6. The van der Waals surface area contributed by atoms with Crippen molar-refractivity contribution in [1.82, 2.24) is 9.80 Å². The number of nitriles is 1. The van der Waals surface area contributed by atoms with Gasteiger partial charge in [-0.1, -0.05) is 19.1 Å². The zero-order valence-corrected chi connectivity index (χ0v) is 12.6. The molecule has 0 bridgehead atoms. The van der Waals surface area contributed by atoms with Crippen molar-refractivity contribution in [2.75, 3.05) is 33.3 Å². The molecule has 112 valence electrons. The summed E-state index contributed by atoms with van der Waals surface area (Å²) >= 11 is 0. The van der Waals surface area contributed by atoms with Gasteiger partial charge in [0, 0.05) is 26.2 Å². The summed E-state index contributed by atoms with van der Waals surface area (Å²) in [6.45, 7) is 4.80.